The van der Waals surface area contributed by atoms with Gasteiger partial charge in [0.15, 0.2) is 11.6 Å². The largest absolute Gasteiger partial charge is 0.359 e. The Kier molecular flexibility index (Phi) is 4.44. The first-order valence-electron chi connectivity index (χ1n) is 8.70. The number of halogens is 2. The highest BCUT2D eigenvalue weighted by Crippen LogP contribution is 2.32. The first-order valence-corrected chi connectivity index (χ1v) is 9.08. The molecule has 5 nitrogen and oxygen atoms in total. The van der Waals surface area contributed by atoms with Crippen molar-refractivity contribution in [1.29, 1.82) is 0 Å². The molecule has 4 rings (SSSR count). The van der Waals surface area contributed by atoms with Crippen molar-refractivity contribution in [2.24, 2.45) is 0 Å². The Hall–Kier alpha value is -2.73. The molecule has 27 heavy (non-hydrogen) atoms. The van der Waals surface area contributed by atoms with Gasteiger partial charge >= 0.3 is 0 Å². The van der Waals surface area contributed by atoms with E-state index in [9.17, 15) is 4.39 Å². The van der Waals surface area contributed by atoms with Crippen LogP contribution >= 0.6 is 11.6 Å². The lowest BCUT2D eigenvalue weighted by atomic mass is 10.0. The Morgan fingerprint density at radius 2 is 2.07 bits per heavy atom. The predicted octanol–water partition coefficient (Wildman–Crippen LogP) is 4.32. The highest BCUT2D eigenvalue weighted by molar-refractivity contribution is 6.31. The number of aromatic nitrogens is 4. The number of hydrogen-bond acceptors (Lipinski definition) is 4. The molecule has 2 aromatic heterocycles. The molecule has 138 valence electrons. The van der Waals surface area contributed by atoms with Crippen molar-refractivity contribution in [2.75, 3.05) is 0 Å². The van der Waals surface area contributed by atoms with Gasteiger partial charge in [-0.05, 0) is 37.6 Å². The summed E-state index contributed by atoms with van der Waals surface area (Å²) in [6.07, 6.45) is 1.19. The van der Waals surface area contributed by atoms with Crippen LogP contribution in [0.3, 0.4) is 0 Å². The molecule has 1 aliphatic rings. The van der Waals surface area contributed by atoms with Crippen molar-refractivity contribution in [3.63, 3.8) is 0 Å². The maximum absolute atomic E-state index is 13.2. The Labute approximate surface area is 162 Å². The van der Waals surface area contributed by atoms with Crippen molar-refractivity contribution in [3.8, 4) is 11.5 Å². The first kappa shape index (κ1) is 17.7. The zero-order valence-corrected chi connectivity index (χ0v) is 15.9. The van der Waals surface area contributed by atoms with Gasteiger partial charge in [0.25, 0.3) is 0 Å². The summed E-state index contributed by atoms with van der Waals surface area (Å²) >= 11 is 6.28. The van der Waals surface area contributed by atoms with Crippen LogP contribution in [0.15, 0.2) is 43.1 Å². The van der Waals surface area contributed by atoms with Gasteiger partial charge in [0.2, 0.25) is 0 Å². The lowest BCUT2D eigenvalue weighted by Crippen LogP contribution is -2.40. The van der Waals surface area contributed by atoms with E-state index in [1.54, 1.807) is 6.07 Å². The van der Waals surface area contributed by atoms with Crippen LogP contribution in [0.4, 0.5) is 4.39 Å². The maximum atomic E-state index is 13.2. The van der Waals surface area contributed by atoms with Gasteiger partial charge in [-0.2, -0.15) is 0 Å². The average molecular weight is 384 g/mol. The van der Waals surface area contributed by atoms with Crippen molar-refractivity contribution in [2.45, 2.75) is 33.0 Å². The van der Waals surface area contributed by atoms with E-state index >= 15 is 0 Å². The summed E-state index contributed by atoms with van der Waals surface area (Å²) < 4.78 is 15.2. The lowest BCUT2D eigenvalue weighted by molar-refractivity contribution is 0.232. The van der Waals surface area contributed by atoms with E-state index in [1.807, 2.05) is 29.7 Å². The van der Waals surface area contributed by atoms with Crippen LogP contribution in [-0.2, 0) is 13.1 Å². The van der Waals surface area contributed by atoms with Gasteiger partial charge in [0.1, 0.15) is 11.5 Å². The normalized spacial score (nSPS) is 16.3. The topological polar surface area (TPSA) is 46.8 Å². The molecule has 0 saturated heterocycles. The summed E-state index contributed by atoms with van der Waals surface area (Å²) in [4.78, 5) is 6.35. The molecule has 0 unspecified atom stereocenters. The molecule has 0 aliphatic carbocycles. The summed E-state index contributed by atoms with van der Waals surface area (Å²) in [5, 5.41) is 9.34. The molecule has 0 spiro atoms. The minimum Gasteiger partial charge on any atom is -0.359 e. The summed E-state index contributed by atoms with van der Waals surface area (Å²) in [5.41, 5.74) is 3.57. The summed E-state index contributed by atoms with van der Waals surface area (Å²) in [6, 6.07) is 9.03. The van der Waals surface area contributed by atoms with E-state index in [0.717, 1.165) is 27.7 Å². The monoisotopic (exact) mass is 383 g/mol. The molecule has 3 aromatic rings. The predicted molar refractivity (Wildman–Crippen MR) is 103 cm³/mol. The number of benzene rings is 1. The molecule has 1 atom stereocenters. The molecule has 0 N–H and O–H groups in total. The van der Waals surface area contributed by atoms with Gasteiger partial charge in [0.05, 0.1) is 12.7 Å². The Morgan fingerprint density at radius 3 is 2.81 bits per heavy atom. The highest BCUT2D eigenvalue weighted by atomic mass is 35.5. The average Bonchev–Trinajstić information content (AvgIpc) is 3.06. The number of hydrogen-bond donors (Lipinski definition) is 0. The second kappa shape index (κ2) is 6.78. The molecular weight excluding hydrogens is 365 g/mol. The fourth-order valence-electron chi connectivity index (χ4n) is 3.45. The van der Waals surface area contributed by atoms with Crippen LogP contribution in [-0.4, -0.2) is 30.7 Å². The standard InChI is InChI=1S/C20H19ClFN5/c1-12-10-27-19(24-25-20(27)18-8-7-15(22)9-23-18)11-26(12)14(3)16-5-4-6-17(21)13(16)2/h4-9,12H,3,10-11H2,1-2H3/t12-/m0/s1. The fraction of sp³-hybridized carbons (Fsp3) is 0.250. The summed E-state index contributed by atoms with van der Waals surface area (Å²) in [5.74, 6) is 1.11. The van der Waals surface area contributed by atoms with Gasteiger partial charge in [-0.3, -0.25) is 0 Å². The molecule has 1 aliphatic heterocycles. The van der Waals surface area contributed by atoms with Crippen LogP contribution in [0.25, 0.3) is 17.2 Å². The van der Waals surface area contributed by atoms with E-state index < -0.39 is 0 Å². The fourth-order valence-corrected chi connectivity index (χ4v) is 3.62. The second-order valence-electron chi connectivity index (χ2n) is 6.75. The quantitative estimate of drug-likeness (QED) is 0.676. The lowest BCUT2D eigenvalue weighted by Gasteiger charge is -2.37. The number of nitrogens with zero attached hydrogens (tertiary/aromatic N) is 5. The van der Waals surface area contributed by atoms with E-state index in [-0.39, 0.29) is 11.9 Å². The van der Waals surface area contributed by atoms with E-state index in [0.29, 0.717) is 24.6 Å². The molecule has 0 saturated carbocycles. The number of rotatable bonds is 3. The second-order valence-corrected chi connectivity index (χ2v) is 7.16. The Bertz CT molecular complexity index is 1010. The Morgan fingerprint density at radius 1 is 1.26 bits per heavy atom. The van der Waals surface area contributed by atoms with Crippen molar-refractivity contribution < 1.29 is 4.39 Å². The first-order chi connectivity index (χ1) is 13.0. The van der Waals surface area contributed by atoms with E-state index in [4.69, 9.17) is 11.6 Å². The van der Waals surface area contributed by atoms with Gasteiger partial charge in [-0.25, -0.2) is 9.37 Å². The molecular formula is C20H19ClFN5. The minimum absolute atomic E-state index is 0.179. The third-order valence-electron chi connectivity index (χ3n) is 5.00. The molecule has 0 radical (unpaired) electrons. The van der Waals surface area contributed by atoms with Crippen LogP contribution in [0, 0.1) is 12.7 Å². The zero-order chi connectivity index (χ0) is 19.1. The third-order valence-corrected chi connectivity index (χ3v) is 5.41. The van der Waals surface area contributed by atoms with Crippen LogP contribution in [0.5, 0.6) is 0 Å². The molecule has 0 fully saturated rings. The van der Waals surface area contributed by atoms with Crippen molar-refractivity contribution in [1.82, 2.24) is 24.6 Å². The van der Waals surface area contributed by atoms with Gasteiger partial charge in [-0.1, -0.05) is 30.3 Å². The number of fused-ring (bicyclic) bond motifs is 1. The van der Waals surface area contributed by atoms with Crippen molar-refractivity contribution in [3.05, 3.63) is 70.9 Å². The van der Waals surface area contributed by atoms with Gasteiger partial charge in [0, 0.05) is 28.9 Å². The van der Waals surface area contributed by atoms with E-state index in [2.05, 4.69) is 33.6 Å². The molecule has 3 heterocycles. The molecule has 7 heteroatoms. The highest BCUT2D eigenvalue weighted by Gasteiger charge is 2.29. The van der Waals surface area contributed by atoms with Gasteiger partial charge < -0.3 is 9.47 Å². The van der Waals surface area contributed by atoms with E-state index in [1.165, 1.54) is 12.3 Å². The molecule has 1 aromatic carbocycles. The van der Waals surface area contributed by atoms with Crippen LogP contribution < -0.4 is 0 Å². The Balaban J connectivity index is 1.65. The van der Waals surface area contributed by atoms with Gasteiger partial charge in [-0.15, -0.1) is 10.2 Å². The maximum Gasteiger partial charge on any atom is 0.182 e. The molecule has 0 amide bonds. The smallest absolute Gasteiger partial charge is 0.182 e. The zero-order valence-electron chi connectivity index (χ0n) is 15.2. The van der Waals surface area contributed by atoms with Crippen molar-refractivity contribution >= 4 is 17.3 Å². The summed E-state index contributed by atoms with van der Waals surface area (Å²) in [6.45, 7) is 9.71. The summed E-state index contributed by atoms with van der Waals surface area (Å²) in [7, 11) is 0. The van der Waals surface area contributed by atoms with Crippen LogP contribution in [0.2, 0.25) is 5.02 Å². The SMILES string of the molecule is C=C(c1cccc(Cl)c1C)N1Cc2nnc(-c3ccc(F)cn3)n2C[C@@H]1C. The van der Waals surface area contributed by atoms with Crippen LogP contribution in [0.1, 0.15) is 23.9 Å². The number of pyridine rings is 1. The third kappa shape index (κ3) is 3.10. The molecule has 0 bridgehead atoms. The minimum atomic E-state index is -0.370.